The number of nitrogens with zero attached hydrogens (tertiary/aromatic N) is 7. The van der Waals surface area contributed by atoms with Crippen LogP contribution in [-0.2, 0) is 6.54 Å². The Morgan fingerprint density at radius 2 is 1.73 bits per heavy atom. The first-order chi connectivity index (χ1) is 17.9. The lowest BCUT2D eigenvalue weighted by molar-refractivity contribution is 0.148. The molecule has 2 aliphatic heterocycles. The van der Waals surface area contributed by atoms with Crippen molar-refractivity contribution in [3.63, 3.8) is 0 Å². The third kappa shape index (κ3) is 6.55. The topological polar surface area (TPSA) is 109 Å². The second-order valence-corrected chi connectivity index (χ2v) is 9.94. The summed E-state index contributed by atoms with van der Waals surface area (Å²) >= 11 is 0. The molecule has 0 bridgehead atoms. The van der Waals surface area contributed by atoms with Crippen LogP contribution in [0.5, 0.6) is 0 Å². The molecule has 0 saturated carbocycles. The largest absolute Gasteiger partial charge is 0.337 e. The molecule has 0 atom stereocenters. The number of hydrogen-bond acceptors (Lipinski definition) is 8. The highest BCUT2D eigenvalue weighted by atomic mass is 16.2. The fraction of sp³-hybridized carbons (Fsp3) is 0.462. The van der Waals surface area contributed by atoms with Gasteiger partial charge >= 0.3 is 6.03 Å². The van der Waals surface area contributed by atoms with Crippen LogP contribution in [0.15, 0.2) is 36.4 Å². The second-order valence-electron chi connectivity index (χ2n) is 9.94. The van der Waals surface area contributed by atoms with E-state index in [1.807, 2.05) is 43.0 Å². The molecule has 0 unspecified atom stereocenters. The molecule has 0 spiro atoms. The number of hydrogen-bond donors (Lipinski definition) is 3. The number of aromatic nitrogens is 4. The lowest BCUT2D eigenvalue weighted by atomic mass is 10.1. The fourth-order valence-electron chi connectivity index (χ4n) is 4.70. The van der Waals surface area contributed by atoms with Crippen molar-refractivity contribution in [2.45, 2.75) is 20.4 Å². The maximum Gasteiger partial charge on any atom is 0.321 e. The van der Waals surface area contributed by atoms with E-state index < -0.39 is 0 Å². The summed E-state index contributed by atoms with van der Waals surface area (Å²) in [7, 11) is 2.17. The third-order valence-electron chi connectivity index (χ3n) is 6.83. The van der Waals surface area contributed by atoms with Crippen molar-refractivity contribution in [1.29, 1.82) is 0 Å². The zero-order valence-electron chi connectivity index (χ0n) is 21.9. The number of carbonyl (C=O) groups excluding carboxylic acids is 1. The molecule has 2 aromatic heterocycles. The van der Waals surface area contributed by atoms with Crippen LogP contribution in [0.3, 0.4) is 0 Å². The van der Waals surface area contributed by atoms with Crippen LogP contribution in [-0.4, -0.2) is 100 Å². The summed E-state index contributed by atoms with van der Waals surface area (Å²) in [6, 6.07) is 11.9. The number of piperazine rings is 2. The number of likely N-dealkylation sites (N-methyl/N-ethyl adjacent to an activating group) is 1. The number of amides is 2. The predicted octanol–water partition coefficient (Wildman–Crippen LogP) is 2.66. The van der Waals surface area contributed by atoms with Crippen molar-refractivity contribution < 1.29 is 4.79 Å². The molecule has 37 heavy (non-hydrogen) atoms. The van der Waals surface area contributed by atoms with Crippen LogP contribution in [0, 0.1) is 13.8 Å². The Balaban J connectivity index is 1.14. The van der Waals surface area contributed by atoms with Gasteiger partial charge in [-0.25, -0.2) is 9.78 Å². The summed E-state index contributed by atoms with van der Waals surface area (Å²) in [6.07, 6.45) is 0. The van der Waals surface area contributed by atoms with Crippen LogP contribution in [0.1, 0.15) is 17.0 Å². The minimum Gasteiger partial charge on any atom is -0.337 e. The average Bonchev–Trinajstić information content (AvgIpc) is 3.29. The van der Waals surface area contributed by atoms with Gasteiger partial charge < -0.3 is 25.3 Å². The van der Waals surface area contributed by atoms with Gasteiger partial charge in [0.2, 0.25) is 5.95 Å². The lowest BCUT2D eigenvalue weighted by Gasteiger charge is -2.35. The van der Waals surface area contributed by atoms with Crippen molar-refractivity contribution in [3.05, 3.63) is 53.3 Å². The molecule has 2 fully saturated rings. The molecule has 0 radical (unpaired) electrons. The molecular weight excluding hydrogens is 468 g/mol. The van der Waals surface area contributed by atoms with Gasteiger partial charge in [-0.2, -0.15) is 10.1 Å². The van der Waals surface area contributed by atoms with Crippen LogP contribution >= 0.6 is 0 Å². The standard InChI is InChI=1S/C26H36N10O/c1-19-15-23(29-24-16-20(2)31-32-24)30-25(27-19)35-11-13-36(14-12-35)26(37)28-22-6-4-5-21(17-22)18-34-9-7-33(3)8-10-34/h4-6,15-17H,7-14,18H2,1-3H3,(H,28,37)(H2,27,29,30,31,32). The summed E-state index contributed by atoms with van der Waals surface area (Å²) in [5.41, 5.74) is 3.91. The molecular formula is C26H36N10O. The van der Waals surface area contributed by atoms with Gasteiger partial charge in [0.05, 0.1) is 0 Å². The smallest absolute Gasteiger partial charge is 0.321 e. The van der Waals surface area contributed by atoms with Crippen molar-refractivity contribution in [1.82, 2.24) is 34.9 Å². The minimum atomic E-state index is -0.0715. The predicted molar refractivity (Wildman–Crippen MR) is 145 cm³/mol. The molecule has 3 N–H and O–H groups in total. The highest BCUT2D eigenvalue weighted by Gasteiger charge is 2.23. The summed E-state index contributed by atoms with van der Waals surface area (Å²) in [5, 5.41) is 13.5. The van der Waals surface area contributed by atoms with Crippen LogP contribution < -0.4 is 15.5 Å². The molecule has 2 amide bonds. The van der Waals surface area contributed by atoms with Crippen molar-refractivity contribution in [2.24, 2.45) is 0 Å². The summed E-state index contributed by atoms with van der Waals surface area (Å²) in [4.78, 5) is 31.1. The number of anilines is 4. The van der Waals surface area contributed by atoms with E-state index in [2.05, 4.69) is 64.7 Å². The Hall–Kier alpha value is -3.70. The number of aryl methyl sites for hydroxylation is 2. The molecule has 4 heterocycles. The zero-order chi connectivity index (χ0) is 25.8. The number of aromatic amines is 1. The first kappa shape index (κ1) is 25.0. The van der Waals surface area contributed by atoms with Gasteiger partial charge in [-0.1, -0.05) is 12.1 Å². The first-order valence-corrected chi connectivity index (χ1v) is 12.9. The van der Waals surface area contributed by atoms with E-state index in [0.29, 0.717) is 37.9 Å². The first-order valence-electron chi connectivity index (χ1n) is 12.9. The van der Waals surface area contributed by atoms with Crippen molar-refractivity contribution in [3.8, 4) is 0 Å². The van der Waals surface area contributed by atoms with E-state index in [4.69, 9.17) is 0 Å². The molecule has 0 aliphatic carbocycles. The van der Waals surface area contributed by atoms with Crippen molar-refractivity contribution >= 4 is 29.3 Å². The Kier molecular flexibility index (Phi) is 7.52. The Morgan fingerprint density at radius 1 is 0.946 bits per heavy atom. The molecule has 5 rings (SSSR count). The molecule has 2 aliphatic rings. The third-order valence-corrected chi connectivity index (χ3v) is 6.83. The second kappa shape index (κ2) is 11.1. The van der Waals surface area contributed by atoms with E-state index >= 15 is 0 Å². The quantitative estimate of drug-likeness (QED) is 0.470. The molecule has 11 nitrogen and oxygen atoms in total. The zero-order valence-corrected chi connectivity index (χ0v) is 21.9. The molecule has 3 aromatic rings. The van der Waals surface area contributed by atoms with E-state index in [-0.39, 0.29) is 6.03 Å². The Labute approximate surface area is 217 Å². The van der Waals surface area contributed by atoms with Crippen molar-refractivity contribution in [2.75, 3.05) is 74.9 Å². The SMILES string of the molecule is Cc1cc(Nc2cc(C)[nH]n2)nc(N2CCN(C(=O)Nc3cccc(CN4CCN(C)CC4)c3)CC2)n1. The van der Waals surface area contributed by atoms with Gasteiger partial charge in [-0.05, 0) is 38.6 Å². The number of H-pyrrole nitrogens is 1. The van der Waals surface area contributed by atoms with Gasteiger partial charge in [0, 0.05) is 88.1 Å². The summed E-state index contributed by atoms with van der Waals surface area (Å²) < 4.78 is 0. The van der Waals surface area contributed by atoms with Gasteiger partial charge in [-0.15, -0.1) is 0 Å². The van der Waals surface area contributed by atoms with Crippen LogP contribution in [0.25, 0.3) is 0 Å². The Bertz CT molecular complexity index is 1210. The lowest BCUT2D eigenvalue weighted by Crippen LogP contribution is -2.50. The van der Waals surface area contributed by atoms with Gasteiger partial charge in [0.1, 0.15) is 5.82 Å². The molecule has 2 saturated heterocycles. The number of urea groups is 1. The van der Waals surface area contributed by atoms with Crippen LogP contribution in [0.2, 0.25) is 0 Å². The highest BCUT2D eigenvalue weighted by Crippen LogP contribution is 2.20. The maximum atomic E-state index is 13.0. The normalized spacial score (nSPS) is 17.2. The number of carbonyl (C=O) groups is 1. The average molecular weight is 505 g/mol. The number of benzene rings is 1. The van der Waals surface area contributed by atoms with Gasteiger partial charge in [0.15, 0.2) is 5.82 Å². The maximum absolute atomic E-state index is 13.0. The van der Waals surface area contributed by atoms with Gasteiger partial charge in [-0.3, -0.25) is 10.00 Å². The van der Waals surface area contributed by atoms with E-state index in [1.54, 1.807) is 0 Å². The van der Waals surface area contributed by atoms with Crippen LogP contribution in [0.4, 0.5) is 28.1 Å². The fourth-order valence-corrected chi connectivity index (χ4v) is 4.70. The highest BCUT2D eigenvalue weighted by molar-refractivity contribution is 5.89. The monoisotopic (exact) mass is 504 g/mol. The van der Waals surface area contributed by atoms with E-state index in [0.717, 1.165) is 55.6 Å². The molecule has 196 valence electrons. The number of nitrogens with one attached hydrogen (secondary N) is 3. The molecule has 1 aromatic carbocycles. The summed E-state index contributed by atoms with van der Waals surface area (Å²) in [6.45, 7) is 11.7. The Morgan fingerprint density at radius 3 is 2.46 bits per heavy atom. The number of rotatable bonds is 6. The summed E-state index contributed by atoms with van der Waals surface area (Å²) in [5.74, 6) is 2.08. The van der Waals surface area contributed by atoms with E-state index in [1.165, 1.54) is 5.56 Å². The minimum absolute atomic E-state index is 0.0715. The van der Waals surface area contributed by atoms with E-state index in [9.17, 15) is 4.79 Å². The van der Waals surface area contributed by atoms with Gasteiger partial charge in [0.25, 0.3) is 0 Å². The molecule has 11 heteroatoms.